The normalized spacial score (nSPS) is 28.7. The van der Waals surface area contributed by atoms with Crippen molar-refractivity contribution in [2.45, 2.75) is 108 Å². The first-order chi connectivity index (χ1) is 27.7. The van der Waals surface area contributed by atoms with Crippen LogP contribution in [-0.2, 0) is 40.5 Å². The van der Waals surface area contributed by atoms with Crippen LogP contribution >= 0.6 is 0 Å². The van der Waals surface area contributed by atoms with Gasteiger partial charge in [-0.05, 0) is 82.9 Å². The quantitative estimate of drug-likeness (QED) is 0.222. The van der Waals surface area contributed by atoms with E-state index in [4.69, 9.17) is 9.72 Å². The van der Waals surface area contributed by atoms with Gasteiger partial charge < -0.3 is 15.0 Å². The fraction of sp³-hybridized carbons (Fsp3) is 0.533. The predicted octanol–water partition coefficient (Wildman–Crippen LogP) is 5.51. The largest absolute Gasteiger partial charge is 0.460 e. The van der Waals surface area contributed by atoms with Crippen molar-refractivity contribution in [3.8, 4) is 11.3 Å². The lowest BCUT2D eigenvalue weighted by molar-refractivity contribution is -0.159. The Bertz CT molecular complexity index is 2220. The van der Waals surface area contributed by atoms with Crippen molar-refractivity contribution in [2.24, 2.45) is 23.7 Å². The van der Waals surface area contributed by atoms with E-state index in [1.165, 1.54) is 0 Å². The molecule has 0 bridgehead atoms. The molecule has 4 fully saturated rings. The monoisotopic (exact) mass is 809 g/mol. The molecule has 0 unspecified atom stereocenters. The molecule has 2 saturated carbocycles. The number of amides is 3. The smallest absolute Gasteiger partial charge is 0.307 e. The summed E-state index contributed by atoms with van der Waals surface area (Å²) in [6, 6.07) is 19.4. The molecule has 6 atom stereocenters. The molecule has 1 aromatic heterocycles. The van der Waals surface area contributed by atoms with Gasteiger partial charge in [-0.3, -0.25) is 28.8 Å². The van der Waals surface area contributed by atoms with Gasteiger partial charge in [-0.2, -0.15) is 0 Å². The van der Waals surface area contributed by atoms with E-state index in [1.807, 2.05) is 60.7 Å². The van der Waals surface area contributed by atoms with Gasteiger partial charge >= 0.3 is 5.97 Å². The van der Waals surface area contributed by atoms with Crippen LogP contribution in [-0.4, -0.2) is 89.0 Å². The van der Waals surface area contributed by atoms with E-state index in [1.54, 1.807) is 25.7 Å². The average molecular weight is 810 g/mol. The Morgan fingerprint density at radius 3 is 2.48 bits per heavy atom. The van der Waals surface area contributed by atoms with Crippen LogP contribution in [0.25, 0.3) is 22.2 Å². The number of hydrogen-bond acceptors (Lipinski definition) is 9. The number of benzene rings is 2. The van der Waals surface area contributed by atoms with Gasteiger partial charge in [0, 0.05) is 54.9 Å². The molecule has 4 heterocycles. The summed E-state index contributed by atoms with van der Waals surface area (Å²) in [6.45, 7) is 7.51. The zero-order valence-corrected chi connectivity index (χ0v) is 34.5. The molecule has 3 aromatic rings. The summed E-state index contributed by atoms with van der Waals surface area (Å²) in [6.07, 6.45) is 8.75. The molecule has 2 aromatic carbocycles. The van der Waals surface area contributed by atoms with E-state index in [0.29, 0.717) is 45.4 Å². The lowest BCUT2D eigenvalue weighted by Gasteiger charge is -2.33. The van der Waals surface area contributed by atoms with Crippen molar-refractivity contribution in [1.82, 2.24) is 24.8 Å². The number of para-hydroxylation sites is 1. The van der Waals surface area contributed by atoms with Crippen molar-refractivity contribution in [3.05, 3.63) is 78.4 Å². The predicted molar refractivity (Wildman–Crippen MR) is 220 cm³/mol. The number of hydrogen-bond donors (Lipinski definition) is 2. The van der Waals surface area contributed by atoms with E-state index < -0.39 is 56.2 Å². The number of carbonyl (C=O) groups excluding carboxylic acids is 4. The molecule has 3 aliphatic heterocycles. The third kappa shape index (κ3) is 8.57. The lowest BCUT2D eigenvalue weighted by atomic mass is 9.92. The van der Waals surface area contributed by atoms with Crippen molar-refractivity contribution in [1.29, 1.82) is 0 Å². The zero-order valence-electron chi connectivity index (χ0n) is 33.7. The number of likely N-dealkylation sites (tertiary alicyclic amines) is 1. The second-order valence-corrected chi connectivity index (χ2v) is 20.1. The minimum atomic E-state index is -3.87. The van der Waals surface area contributed by atoms with Gasteiger partial charge in [0.05, 0.1) is 22.9 Å². The van der Waals surface area contributed by atoms with Gasteiger partial charge in [-0.15, -0.1) is 0 Å². The maximum Gasteiger partial charge on any atom is 0.307 e. The molecule has 2 saturated heterocycles. The second kappa shape index (κ2) is 15.9. The Morgan fingerprint density at radius 2 is 1.72 bits per heavy atom. The van der Waals surface area contributed by atoms with Crippen LogP contribution in [0.2, 0.25) is 0 Å². The van der Waals surface area contributed by atoms with Gasteiger partial charge in [0.1, 0.15) is 17.2 Å². The SMILES string of the molecule is CC(C)(C)OC(=O)C[C@@H]1CCCCC/C=C\[C@@H]2C[C@@]2(C(=O)NS(=O)(=O)C2CC2)NC(=O)[C@@H]2[C@H]3CN(Cc4cc(-c5ccccc5)nc5ccccc45)C[C@H]3CN2C1=O. The number of sulfonamides is 1. The number of nitrogens with one attached hydrogen (secondary N) is 2. The van der Waals surface area contributed by atoms with Crippen LogP contribution in [0.15, 0.2) is 72.8 Å². The number of nitrogens with zero attached hydrogens (tertiary/aromatic N) is 3. The topological polar surface area (TPSA) is 155 Å². The Kier molecular flexibility index (Phi) is 11.0. The molecule has 308 valence electrons. The van der Waals surface area contributed by atoms with Gasteiger partial charge in [0.2, 0.25) is 21.8 Å². The Morgan fingerprint density at radius 1 is 0.966 bits per heavy atom. The summed E-state index contributed by atoms with van der Waals surface area (Å²) < 4.78 is 33.9. The minimum Gasteiger partial charge on any atom is -0.460 e. The van der Waals surface area contributed by atoms with Crippen LogP contribution in [0.4, 0.5) is 0 Å². The van der Waals surface area contributed by atoms with Crippen LogP contribution < -0.4 is 10.0 Å². The summed E-state index contributed by atoms with van der Waals surface area (Å²) in [5, 5.41) is 3.49. The highest BCUT2D eigenvalue weighted by Crippen LogP contribution is 2.47. The first kappa shape index (κ1) is 40.2. The van der Waals surface area contributed by atoms with Gasteiger partial charge in [0.15, 0.2) is 0 Å². The summed E-state index contributed by atoms with van der Waals surface area (Å²) >= 11 is 0. The van der Waals surface area contributed by atoms with Gasteiger partial charge in [-0.25, -0.2) is 13.4 Å². The summed E-state index contributed by atoms with van der Waals surface area (Å²) in [4.78, 5) is 65.7. The van der Waals surface area contributed by atoms with Gasteiger partial charge in [0.25, 0.3) is 5.91 Å². The molecule has 58 heavy (non-hydrogen) atoms. The molecule has 13 heteroatoms. The number of aromatic nitrogens is 1. The fourth-order valence-corrected chi connectivity index (χ4v) is 10.7. The molecule has 3 amide bonds. The molecule has 12 nitrogen and oxygen atoms in total. The maximum atomic E-state index is 14.9. The Hall–Kier alpha value is -4.62. The molecule has 2 N–H and O–H groups in total. The molecule has 2 aliphatic carbocycles. The molecular formula is C45H55N5O7S. The standard InChI is InChI=1S/C45H55N5O7S/c1-44(2,3)57-39(51)23-30-16-8-5-4-6-11-17-33-24-45(33,43(54)48-58(55,56)34-20-21-34)47-41(52)40-36-28-49(26-32(36)27-50(40)42(30)53)25-31-22-38(29-14-9-7-10-15-29)46-37-19-13-12-18-35(31)37/h7,9-15,17-19,22,30,32-34,36,40H,4-6,8,16,20-21,23-28H2,1-3H3,(H,47,52)(H,48,54)/b17-11-/t30-,32-,33+,36-,40-,45+/m0/s1. The zero-order chi connectivity index (χ0) is 40.8. The fourth-order valence-electron chi connectivity index (χ4n) is 9.38. The van der Waals surface area contributed by atoms with Crippen molar-refractivity contribution in [3.63, 3.8) is 0 Å². The third-order valence-corrected chi connectivity index (χ3v) is 14.3. The van der Waals surface area contributed by atoms with Crippen LogP contribution in [0.5, 0.6) is 0 Å². The maximum absolute atomic E-state index is 14.9. The van der Waals surface area contributed by atoms with Crippen LogP contribution in [0.3, 0.4) is 0 Å². The molecule has 0 radical (unpaired) electrons. The van der Waals surface area contributed by atoms with E-state index in [-0.39, 0.29) is 36.5 Å². The summed E-state index contributed by atoms with van der Waals surface area (Å²) in [5.41, 5.74) is 1.75. The van der Waals surface area contributed by atoms with Crippen molar-refractivity contribution >= 4 is 44.6 Å². The number of pyridine rings is 1. The Labute approximate surface area is 341 Å². The van der Waals surface area contributed by atoms with Crippen LogP contribution in [0, 0.1) is 23.7 Å². The molecule has 0 spiro atoms. The summed E-state index contributed by atoms with van der Waals surface area (Å²) in [7, 11) is -3.87. The number of esters is 1. The first-order valence-corrected chi connectivity index (χ1v) is 22.5. The van der Waals surface area contributed by atoms with E-state index >= 15 is 0 Å². The number of allylic oxidation sites excluding steroid dienone is 1. The highest BCUT2D eigenvalue weighted by atomic mass is 32.2. The van der Waals surface area contributed by atoms with E-state index in [0.717, 1.165) is 53.4 Å². The molecular weight excluding hydrogens is 755 g/mol. The average Bonchev–Trinajstić information content (AvgIpc) is 4.08. The third-order valence-electron chi connectivity index (χ3n) is 12.5. The van der Waals surface area contributed by atoms with Crippen molar-refractivity contribution < 1.29 is 32.3 Å². The highest BCUT2D eigenvalue weighted by molar-refractivity contribution is 7.91. The number of carbonyl (C=O) groups is 4. The number of ether oxygens (including phenoxy) is 1. The van der Waals surface area contributed by atoms with Crippen molar-refractivity contribution in [2.75, 3.05) is 19.6 Å². The number of fused-ring (bicyclic) bond motifs is 5. The first-order valence-electron chi connectivity index (χ1n) is 20.9. The second-order valence-electron chi connectivity index (χ2n) is 18.1. The minimum absolute atomic E-state index is 0.0441. The Balaban J connectivity index is 1.10. The molecule has 8 rings (SSSR count). The van der Waals surface area contributed by atoms with Gasteiger partial charge in [-0.1, -0.05) is 73.5 Å². The highest BCUT2D eigenvalue weighted by Gasteiger charge is 2.63. The number of rotatable bonds is 8. The lowest BCUT2D eigenvalue weighted by Crippen LogP contribution is -2.58. The van der Waals surface area contributed by atoms with E-state index in [9.17, 15) is 27.6 Å². The summed E-state index contributed by atoms with van der Waals surface area (Å²) in [5.74, 6) is -3.26. The molecule has 5 aliphatic rings. The van der Waals surface area contributed by atoms with E-state index in [2.05, 4.69) is 27.1 Å². The van der Waals surface area contributed by atoms with Crippen LogP contribution in [0.1, 0.15) is 84.1 Å².